The smallest absolute Gasteiger partial charge is 0.251 e. The number of phenols is 1. The molecule has 2 atom stereocenters. The van der Waals surface area contributed by atoms with E-state index in [-0.39, 0.29) is 41.7 Å². The molecule has 4 N–H and O–H groups in total. The van der Waals surface area contributed by atoms with Gasteiger partial charge in [-0.3, -0.25) is 9.79 Å². The Morgan fingerprint density at radius 1 is 1.06 bits per heavy atom. The van der Waals surface area contributed by atoms with Crippen LogP contribution in [0.5, 0.6) is 5.75 Å². The number of guanidine groups is 1. The number of nitrogens with zero attached hydrogens (tertiary/aromatic N) is 1. The van der Waals surface area contributed by atoms with Crippen molar-refractivity contribution in [1.29, 1.82) is 0 Å². The van der Waals surface area contributed by atoms with Crippen molar-refractivity contribution in [3.8, 4) is 5.75 Å². The molecule has 33 heavy (non-hydrogen) atoms. The van der Waals surface area contributed by atoms with E-state index in [0.29, 0.717) is 31.1 Å². The Kier molecular flexibility index (Phi) is 11.5. The van der Waals surface area contributed by atoms with Crippen LogP contribution in [-0.4, -0.2) is 49.8 Å². The third-order valence-corrected chi connectivity index (χ3v) is 5.51. The van der Waals surface area contributed by atoms with Crippen molar-refractivity contribution in [3.05, 3.63) is 65.2 Å². The SMILES string of the molecule is CCNC(=NCC1CCCOC1c1ccc(C)cc1)NCCNC(=O)c1ccc(O)cc1.I. The van der Waals surface area contributed by atoms with E-state index in [2.05, 4.69) is 47.1 Å². The summed E-state index contributed by atoms with van der Waals surface area (Å²) in [6, 6.07) is 14.8. The summed E-state index contributed by atoms with van der Waals surface area (Å²) >= 11 is 0. The standard InChI is InChI=1S/C25H34N4O3.HI/c1-3-26-25(28-15-14-27-24(31)20-10-12-22(30)13-11-20)29-17-21-5-4-16-32-23(21)19-8-6-18(2)7-9-19;/h6-13,21,23,30H,3-5,14-17H2,1-2H3,(H,27,31)(H2,26,28,29);1H. The number of benzene rings is 2. The molecule has 0 aliphatic carbocycles. The molecule has 1 fully saturated rings. The van der Waals surface area contributed by atoms with Crippen LogP contribution >= 0.6 is 24.0 Å². The number of aryl methyl sites for hydroxylation is 1. The molecule has 1 heterocycles. The van der Waals surface area contributed by atoms with Crippen LogP contribution in [0.1, 0.15) is 47.4 Å². The van der Waals surface area contributed by atoms with Crippen molar-refractivity contribution >= 4 is 35.8 Å². The molecule has 7 nitrogen and oxygen atoms in total. The molecule has 1 amide bonds. The summed E-state index contributed by atoms with van der Waals surface area (Å²) in [4.78, 5) is 17.0. The number of ether oxygens (including phenoxy) is 1. The van der Waals surface area contributed by atoms with Crippen LogP contribution in [0.25, 0.3) is 0 Å². The second-order valence-electron chi connectivity index (χ2n) is 8.05. The molecular formula is C25H35IN4O3. The van der Waals surface area contributed by atoms with Crippen LogP contribution in [0, 0.1) is 12.8 Å². The fourth-order valence-corrected chi connectivity index (χ4v) is 3.78. The number of nitrogens with one attached hydrogen (secondary N) is 3. The Labute approximate surface area is 213 Å². The number of carbonyl (C=O) groups is 1. The number of amides is 1. The number of rotatable bonds is 8. The summed E-state index contributed by atoms with van der Waals surface area (Å²) in [5.41, 5.74) is 2.98. The second-order valence-corrected chi connectivity index (χ2v) is 8.05. The first-order chi connectivity index (χ1) is 15.6. The quantitative estimate of drug-likeness (QED) is 0.169. The number of halogens is 1. The first-order valence-corrected chi connectivity index (χ1v) is 11.3. The molecule has 0 aromatic heterocycles. The van der Waals surface area contributed by atoms with Gasteiger partial charge in [0.05, 0.1) is 6.10 Å². The summed E-state index contributed by atoms with van der Waals surface area (Å²) in [5.74, 6) is 1.03. The van der Waals surface area contributed by atoms with Gasteiger partial charge in [-0.1, -0.05) is 29.8 Å². The van der Waals surface area contributed by atoms with E-state index < -0.39 is 0 Å². The summed E-state index contributed by atoms with van der Waals surface area (Å²) in [7, 11) is 0. The Morgan fingerprint density at radius 3 is 2.45 bits per heavy atom. The highest BCUT2D eigenvalue weighted by atomic mass is 127. The fourth-order valence-electron chi connectivity index (χ4n) is 3.78. The average molecular weight is 566 g/mol. The normalized spacial score (nSPS) is 18.2. The van der Waals surface area contributed by atoms with Gasteiger partial charge in [-0.05, 0) is 56.5 Å². The van der Waals surface area contributed by atoms with Crippen LogP contribution in [0.15, 0.2) is 53.5 Å². The minimum atomic E-state index is -0.172. The summed E-state index contributed by atoms with van der Waals surface area (Å²) < 4.78 is 6.11. The topological polar surface area (TPSA) is 95.0 Å². The maximum Gasteiger partial charge on any atom is 0.251 e. The molecule has 0 spiro atoms. The highest BCUT2D eigenvalue weighted by molar-refractivity contribution is 14.0. The number of hydrogen-bond donors (Lipinski definition) is 4. The van der Waals surface area contributed by atoms with E-state index in [0.717, 1.165) is 32.0 Å². The number of phenolic OH excluding ortho intramolecular Hbond substituents is 1. The predicted molar refractivity (Wildman–Crippen MR) is 142 cm³/mol. The van der Waals surface area contributed by atoms with E-state index >= 15 is 0 Å². The number of aliphatic imine (C=N–C) groups is 1. The zero-order valence-electron chi connectivity index (χ0n) is 19.3. The Hall–Kier alpha value is -2.33. The van der Waals surface area contributed by atoms with Gasteiger partial charge in [0.1, 0.15) is 5.75 Å². The van der Waals surface area contributed by atoms with E-state index in [1.165, 1.54) is 23.3 Å². The highest BCUT2D eigenvalue weighted by Gasteiger charge is 2.27. The van der Waals surface area contributed by atoms with E-state index in [4.69, 9.17) is 9.73 Å². The molecule has 8 heteroatoms. The lowest BCUT2D eigenvalue weighted by Crippen LogP contribution is -2.42. The second kappa shape index (κ2) is 14.0. The molecule has 3 rings (SSSR count). The van der Waals surface area contributed by atoms with Crippen molar-refractivity contribution in [2.45, 2.75) is 32.8 Å². The molecule has 1 saturated heterocycles. The van der Waals surface area contributed by atoms with E-state index in [1.807, 2.05) is 6.92 Å². The van der Waals surface area contributed by atoms with Gasteiger partial charge >= 0.3 is 0 Å². The minimum absolute atomic E-state index is 0. The van der Waals surface area contributed by atoms with Gasteiger partial charge in [-0.15, -0.1) is 24.0 Å². The third-order valence-electron chi connectivity index (χ3n) is 5.51. The Balaban J connectivity index is 0.00000385. The lowest BCUT2D eigenvalue weighted by atomic mass is 9.89. The van der Waals surface area contributed by atoms with Crippen LogP contribution in [-0.2, 0) is 4.74 Å². The minimum Gasteiger partial charge on any atom is -0.508 e. The first-order valence-electron chi connectivity index (χ1n) is 11.3. The highest BCUT2D eigenvalue weighted by Crippen LogP contribution is 2.33. The Bertz CT molecular complexity index is 888. The van der Waals surface area contributed by atoms with Gasteiger partial charge in [0, 0.05) is 44.3 Å². The number of carbonyl (C=O) groups excluding carboxylic acids is 1. The lowest BCUT2D eigenvalue weighted by molar-refractivity contribution is -0.0250. The summed E-state index contributed by atoms with van der Waals surface area (Å²) in [6.07, 6.45) is 2.21. The van der Waals surface area contributed by atoms with Gasteiger partial charge < -0.3 is 25.8 Å². The molecule has 0 bridgehead atoms. The van der Waals surface area contributed by atoms with Crippen LogP contribution in [0.2, 0.25) is 0 Å². The molecule has 2 unspecified atom stereocenters. The predicted octanol–water partition coefficient (Wildman–Crippen LogP) is 3.77. The maximum absolute atomic E-state index is 12.2. The maximum atomic E-state index is 12.2. The first kappa shape index (κ1) is 26.9. The number of hydrogen-bond acceptors (Lipinski definition) is 4. The van der Waals surface area contributed by atoms with Gasteiger partial charge in [-0.25, -0.2) is 0 Å². The molecular weight excluding hydrogens is 531 g/mol. The molecule has 0 radical (unpaired) electrons. The molecule has 2 aromatic rings. The average Bonchev–Trinajstić information content (AvgIpc) is 2.81. The summed E-state index contributed by atoms with van der Waals surface area (Å²) in [6.45, 7) is 7.36. The monoisotopic (exact) mass is 566 g/mol. The van der Waals surface area contributed by atoms with E-state index in [9.17, 15) is 9.90 Å². The zero-order chi connectivity index (χ0) is 22.8. The van der Waals surface area contributed by atoms with Crippen molar-refractivity contribution in [3.63, 3.8) is 0 Å². The van der Waals surface area contributed by atoms with Gasteiger partial charge in [-0.2, -0.15) is 0 Å². The molecule has 0 saturated carbocycles. The largest absolute Gasteiger partial charge is 0.508 e. The van der Waals surface area contributed by atoms with Crippen molar-refractivity contribution in [1.82, 2.24) is 16.0 Å². The van der Waals surface area contributed by atoms with Gasteiger partial charge in [0.2, 0.25) is 0 Å². The lowest BCUT2D eigenvalue weighted by Gasteiger charge is -2.31. The molecule has 180 valence electrons. The number of aromatic hydroxyl groups is 1. The van der Waals surface area contributed by atoms with E-state index in [1.54, 1.807) is 12.1 Å². The van der Waals surface area contributed by atoms with Crippen molar-refractivity contribution in [2.75, 3.05) is 32.8 Å². The fraction of sp³-hybridized carbons (Fsp3) is 0.440. The van der Waals surface area contributed by atoms with Crippen molar-refractivity contribution < 1.29 is 14.6 Å². The van der Waals surface area contributed by atoms with Gasteiger partial charge in [0.15, 0.2) is 5.96 Å². The Morgan fingerprint density at radius 2 is 1.76 bits per heavy atom. The molecule has 2 aromatic carbocycles. The third kappa shape index (κ3) is 8.51. The van der Waals surface area contributed by atoms with Crippen LogP contribution in [0.4, 0.5) is 0 Å². The van der Waals surface area contributed by atoms with Crippen LogP contribution in [0.3, 0.4) is 0 Å². The van der Waals surface area contributed by atoms with Gasteiger partial charge in [0.25, 0.3) is 5.91 Å². The summed E-state index contributed by atoms with van der Waals surface area (Å²) in [5, 5.41) is 18.7. The molecule has 1 aliphatic heterocycles. The van der Waals surface area contributed by atoms with Crippen LogP contribution < -0.4 is 16.0 Å². The molecule has 1 aliphatic rings. The van der Waals surface area contributed by atoms with Crippen molar-refractivity contribution in [2.24, 2.45) is 10.9 Å². The zero-order valence-corrected chi connectivity index (χ0v) is 21.7.